The summed E-state index contributed by atoms with van der Waals surface area (Å²) < 4.78 is 0. The number of carbonyl (C=O) groups is 2. The number of amides is 2. The van der Waals surface area contributed by atoms with Gasteiger partial charge in [0.1, 0.15) is 6.04 Å². The number of nitrogens with two attached hydrogens (primary N) is 2. The molecule has 1 atom stereocenters. The van der Waals surface area contributed by atoms with Crippen molar-refractivity contribution in [3.05, 3.63) is 29.8 Å². The smallest absolute Gasteiger partial charge is 0.240 e. The minimum Gasteiger partial charge on any atom is -0.399 e. The minimum absolute atomic E-state index is 0.0298. The van der Waals surface area contributed by atoms with Gasteiger partial charge in [-0.2, -0.15) is 0 Å². The van der Waals surface area contributed by atoms with E-state index in [0.717, 1.165) is 5.56 Å². The lowest BCUT2D eigenvalue weighted by molar-refractivity contribution is -0.127. The molecule has 18 heavy (non-hydrogen) atoms. The summed E-state index contributed by atoms with van der Waals surface area (Å²) in [5.74, 6) is -0.772. The third-order valence-electron chi connectivity index (χ3n) is 2.63. The van der Waals surface area contributed by atoms with E-state index < -0.39 is 11.9 Å². The van der Waals surface area contributed by atoms with Gasteiger partial charge in [-0.1, -0.05) is 26.0 Å². The molecule has 0 heterocycles. The van der Waals surface area contributed by atoms with Crippen LogP contribution in [0.25, 0.3) is 0 Å². The largest absolute Gasteiger partial charge is 0.399 e. The average Bonchev–Trinajstić information content (AvgIpc) is 2.28. The Labute approximate surface area is 107 Å². The minimum atomic E-state index is -0.633. The molecule has 0 fully saturated rings. The van der Waals surface area contributed by atoms with E-state index in [1.165, 1.54) is 0 Å². The van der Waals surface area contributed by atoms with Crippen LogP contribution in [0.4, 0.5) is 5.69 Å². The van der Waals surface area contributed by atoms with Gasteiger partial charge in [0.15, 0.2) is 0 Å². The van der Waals surface area contributed by atoms with E-state index in [1.54, 1.807) is 24.3 Å². The number of nitrogens with one attached hydrogen (secondary N) is 1. The highest BCUT2D eigenvalue weighted by atomic mass is 16.2. The summed E-state index contributed by atoms with van der Waals surface area (Å²) >= 11 is 0. The molecule has 1 aromatic carbocycles. The number of hydrogen-bond donors (Lipinski definition) is 3. The number of rotatable bonds is 5. The Kier molecular flexibility index (Phi) is 4.71. The molecule has 0 radical (unpaired) electrons. The molecule has 0 aliphatic heterocycles. The van der Waals surface area contributed by atoms with Crippen LogP contribution in [0.3, 0.4) is 0 Å². The molecule has 2 amide bonds. The Bertz CT molecular complexity index is 426. The molecule has 1 aromatic rings. The van der Waals surface area contributed by atoms with Gasteiger partial charge < -0.3 is 16.8 Å². The maximum absolute atomic E-state index is 11.8. The Morgan fingerprint density at radius 2 is 1.78 bits per heavy atom. The first-order chi connectivity index (χ1) is 8.40. The normalized spacial score (nSPS) is 12.2. The van der Waals surface area contributed by atoms with Crippen LogP contribution in [0.5, 0.6) is 0 Å². The molecule has 1 unspecified atom stereocenters. The van der Waals surface area contributed by atoms with E-state index in [0.29, 0.717) is 5.69 Å². The number of nitrogen functional groups attached to an aromatic ring is 1. The standard InChI is InChI=1S/C13H19N3O2/c1-8(2)12(13(15)18)16-11(17)7-9-3-5-10(14)6-4-9/h3-6,8,12H,7,14H2,1-2H3,(H2,15,18)(H,16,17). The van der Waals surface area contributed by atoms with Crippen molar-refractivity contribution in [2.45, 2.75) is 26.3 Å². The van der Waals surface area contributed by atoms with E-state index in [9.17, 15) is 9.59 Å². The van der Waals surface area contributed by atoms with Crippen LogP contribution in [0, 0.1) is 5.92 Å². The zero-order valence-electron chi connectivity index (χ0n) is 10.6. The number of benzene rings is 1. The van der Waals surface area contributed by atoms with Crippen molar-refractivity contribution in [1.29, 1.82) is 0 Å². The molecular formula is C13H19N3O2. The van der Waals surface area contributed by atoms with Gasteiger partial charge in [-0.25, -0.2) is 0 Å². The molecule has 0 aliphatic carbocycles. The third kappa shape index (κ3) is 4.08. The highest BCUT2D eigenvalue weighted by Gasteiger charge is 2.21. The summed E-state index contributed by atoms with van der Waals surface area (Å²) in [7, 11) is 0. The predicted molar refractivity (Wildman–Crippen MR) is 70.5 cm³/mol. The summed E-state index contributed by atoms with van der Waals surface area (Å²) in [5, 5.41) is 2.63. The lowest BCUT2D eigenvalue weighted by atomic mass is 10.0. The molecule has 0 aromatic heterocycles. The van der Waals surface area contributed by atoms with Crippen LogP contribution < -0.4 is 16.8 Å². The first-order valence-electron chi connectivity index (χ1n) is 5.83. The quantitative estimate of drug-likeness (QED) is 0.660. The lowest BCUT2D eigenvalue weighted by Crippen LogP contribution is -2.48. The molecule has 0 aliphatic rings. The van der Waals surface area contributed by atoms with Gasteiger partial charge in [-0.05, 0) is 23.6 Å². The second-order valence-electron chi connectivity index (χ2n) is 4.61. The molecular weight excluding hydrogens is 230 g/mol. The van der Waals surface area contributed by atoms with Gasteiger partial charge in [0.05, 0.1) is 6.42 Å². The summed E-state index contributed by atoms with van der Waals surface area (Å²) in [6, 6.07) is 6.40. The van der Waals surface area contributed by atoms with Crippen molar-refractivity contribution >= 4 is 17.5 Å². The van der Waals surface area contributed by atoms with Gasteiger partial charge >= 0.3 is 0 Å². The van der Waals surface area contributed by atoms with Crippen molar-refractivity contribution in [2.75, 3.05) is 5.73 Å². The van der Waals surface area contributed by atoms with Gasteiger partial charge in [0.25, 0.3) is 0 Å². The Balaban J connectivity index is 2.60. The third-order valence-corrected chi connectivity index (χ3v) is 2.63. The molecule has 5 nitrogen and oxygen atoms in total. The molecule has 5 heteroatoms. The first-order valence-corrected chi connectivity index (χ1v) is 5.83. The average molecular weight is 249 g/mol. The monoisotopic (exact) mass is 249 g/mol. The number of hydrogen-bond acceptors (Lipinski definition) is 3. The predicted octanol–water partition coefficient (Wildman–Crippen LogP) is 0.437. The van der Waals surface area contributed by atoms with Gasteiger partial charge in [0.2, 0.25) is 11.8 Å². The van der Waals surface area contributed by atoms with Crippen LogP contribution in [-0.4, -0.2) is 17.9 Å². The molecule has 0 spiro atoms. The fraction of sp³-hybridized carbons (Fsp3) is 0.385. The van der Waals surface area contributed by atoms with Crippen LogP contribution in [-0.2, 0) is 16.0 Å². The highest BCUT2D eigenvalue weighted by molar-refractivity contribution is 5.87. The summed E-state index contributed by atoms with van der Waals surface area (Å²) in [5.41, 5.74) is 12.3. The second-order valence-corrected chi connectivity index (χ2v) is 4.61. The zero-order chi connectivity index (χ0) is 13.7. The van der Waals surface area contributed by atoms with Crippen molar-refractivity contribution in [3.8, 4) is 0 Å². The van der Waals surface area contributed by atoms with Crippen LogP contribution in [0.1, 0.15) is 19.4 Å². The highest BCUT2D eigenvalue weighted by Crippen LogP contribution is 2.07. The molecule has 1 rings (SSSR count). The Hall–Kier alpha value is -2.04. The maximum atomic E-state index is 11.8. The molecule has 0 saturated carbocycles. The Morgan fingerprint density at radius 3 is 2.22 bits per heavy atom. The Morgan fingerprint density at radius 1 is 1.22 bits per heavy atom. The fourth-order valence-electron chi connectivity index (χ4n) is 1.61. The van der Waals surface area contributed by atoms with E-state index >= 15 is 0 Å². The van der Waals surface area contributed by atoms with Gasteiger partial charge in [-0.3, -0.25) is 9.59 Å². The van der Waals surface area contributed by atoms with Crippen LogP contribution >= 0.6 is 0 Å². The summed E-state index contributed by atoms with van der Waals surface area (Å²) in [6.45, 7) is 3.66. The SMILES string of the molecule is CC(C)C(NC(=O)Cc1ccc(N)cc1)C(N)=O. The zero-order valence-corrected chi connectivity index (χ0v) is 10.6. The van der Waals surface area contributed by atoms with E-state index in [-0.39, 0.29) is 18.2 Å². The maximum Gasteiger partial charge on any atom is 0.240 e. The van der Waals surface area contributed by atoms with E-state index in [1.807, 2.05) is 13.8 Å². The molecule has 98 valence electrons. The van der Waals surface area contributed by atoms with Crippen LogP contribution in [0.15, 0.2) is 24.3 Å². The van der Waals surface area contributed by atoms with Crippen molar-refractivity contribution in [1.82, 2.24) is 5.32 Å². The lowest BCUT2D eigenvalue weighted by Gasteiger charge is -2.18. The summed E-state index contributed by atoms with van der Waals surface area (Å²) in [6.07, 6.45) is 0.205. The van der Waals surface area contributed by atoms with Gasteiger partial charge in [0, 0.05) is 5.69 Å². The fourth-order valence-corrected chi connectivity index (χ4v) is 1.61. The van der Waals surface area contributed by atoms with Crippen molar-refractivity contribution in [3.63, 3.8) is 0 Å². The summed E-state index contributed by atoms with van der Waals surface area (Å²) in [4.78, 5) is 22.9. The number of carbonyl (C=O) groups excluding carboxylic acids is 2. The second kappa shape index (κ2) is 6.05. The van der Waals surface area contributed by atoms with Crippen LogP contribution in [0.2, 0.25) is 0 Å². The van der Waals surface area contributed by atoms with Gasteiger partial charge in [-0.15, -0.1) is 0 Å². The van der Waals surface area contributed by atoms with E-state index in [2.05, 4.69) is 5.32 Å². The number of anilines is 1. The molecule has 0 saturated heterocycles. The van der Waals surface area contributed by atoms with Crippen molar-refractivity contribution < 1.29 is 9.59 Å². The number of primary amides is 1. The van der Waals surface area contributed by atoms with E-state index in [4.69, 9.17) is 11.5 Å². The van der Waals surface area contributed by atoms with Crippen molar-refractivity contribution in [2.24, 2.45) is 11.7 Å². The first kappa shape index (κ1) is 14.0. The molecule has 5 N–H and O–H groups in total. The topological polar surface area (TPSA) is 98.2 Å². The molecule has 0 bridgehead atoms.